The lowest BCUT2D eigenvalue weighted by Gasteiger charge is -2.54. The van der Waals surface area contributed by atoms with Gasteiger partial charge in [0.15, 0.2) is 14.0 Å². The minimum Gasteiger partial charge on any atom is -0.465 e. The van der Waals surface area contributed by atoms with Crippen molar-refractivity contribution in [2.45, 2.75) is 76.4 Å². The van der Waals surface area contributed by atoms with E-state index in [0.717, 1.165) is 0 Å². The number of hydrogen-bond donors (Lipinski definition) is 1. The Morgan fingerprint density at radius 3 is 2.39 bits per heavy atom. The standard InChI is InChI=1S/C17H33NO4Si/c1-9-10-17(21-6)13-16(5,11-12-18(17)14(19)20)22-23(7,8)15(2,3)4/h9H,1,10-13H2,2-8H3,(H,19,20). The lowest BCUT2D eigenvalue weighted by atomic mass is 9.84. The highest BCUT2D eigenvalue weighted by Gasteiger charge is 2.52. The summed E-state index contributed by atoms with van der Waals surface area (Å²) in [5.41, 5.74) is -1.29. The first-order chi connectivity index (χ1) is 10.3. The molecule has 1 saturated heterocycles. The zero-order valence-electron chi connectivity index (χ0n) is 15.7. The Labute approximate surface area is 141 Å². The van der Waals surface area contributed by atoms with Gasteiger partial charge in [-0.3, -0.25) is 4.90 Å². The molecule has 1 aliphatic heterocycles. The van der Waals surface area contributed by atoms with E-state index in [2.05, 4.69) is 47.4 Å². The van der Waals surface area contributed by atoms with Gasteiger partial charge >= 0.3 is 6.09 Å². The maximum atomic E-state index is 11.6. The van der Waals surface area contributed by atoms with Crippen molar-refractivity contribution in [1.29, 1.82) is 0 Å². The van der Waals surface area contributed by atoms with Crippen molar-refractivity contribution in [3.8, 4) is 0 Å². The number of rotatable bonds is 5. The minimum atomic E-state index is -1.96. The van der Waals surface area contributed by atoms with Crippen LogP contribution in [0.3, 0.4) is 0 Å². The Morgan fingerprint density at radius 2 is 2.00 bits per heavy atom. The lowest BCUT2D eigenvalue weighted by molar-refractivity contribution is -0.181. The largest absolute Gasteiger partial charge is 0.465 e. The normalized spacial score (nSPS) is 29.4. The molecule has 0 spiro atoms. The first kappa shape index (κ1) is 20.2. The average molecular weight is 344 g/mol. The molecule has 134 valence electrons. The zero-order valence-corrected chi connectivity index (χ0v) is 16.7. The van der Waals surface area contributed by atoms with Gasteiger partial charge in [-0.1, -0.05) is 26.8 Å². The molecule has 0 saturated carbocycles. The van der Waals surface area contributed by atoms with Crippen LogP contribution in [-0.4, -0.2) is 49.4 Å². The molecular weight excluding hydrogens is 310 g/mol. The molecule has 6 heteroatoms. The van der Waals surface area contributed by atoms with Gasteiger partial charge in [0, 0.05) is 26.5 Å². The van der Waals surface area contributed by atoms with E-state index in [1.54, 1.807) is 13.2 Å². The number of carboxylic acid groups (broad SMARTS) is 1. The molecule has 1 N–H and O–H groups in total. The average Bonchev–Trinajstić information content (AvgIpc) is 2.36. The molecule has 0 bridgehead atoms. The van der Waals surface area contributed by atoms with Crippen LogP contribution < -0.4 is 0 Å². The third-order valence-corrected chi connectivity index (χ3v) is 10.0. The Kier molecular flexibility index (Phi) is 5.77. The molecule has 5 nitrogen and oxygen atoms in total. The second-order valence-corrected chi connectivity index (χ2v) is 13.0. The monoisotopic (exact) mass is 343 g/mol. The summed E-state index contributed by atoms with van der Waals surface area (Å²) in [5.74, 6) is 0. The van der Waals surface area contributed by atoms with Crippen LogP contribution in [0.2, 0.25) is 18.1 Å². The number of carbonyl (C=O) groups is 1. The van der Waals surface area contributed by atoms with Crippen LogP contribution in [-0.2, 0) is 9.16 Å². The number of piperidine rings is 1. The molecular formula is C17H33NO4Si. The van der Waals surface area contributed by atoms with E-state index >= 15 is 0 Å². The fourth-order valence-electron chi connectivity index (χ4n) is 3.12. The number of hydrogen-bond acceptors (Lipinski definition) is 3. The van der Waals surface area contributed by atoms with Crippen LogP contribution >= 0.6 is 0 Å². The number of ether oxygens (including phenoxy) is 1. The van der Waals surface area contributed by atoms with Crippen LogP contribution in [0.4, 0.5) is 4.79 Å². The molecule has 1 amide bonds. The maximum Gasteiger partial charge on any atom is 0.409 e. The molecule has 2 atom stereocenters. The van der Waals surface area contributed by atoms with E-state index in [-0.39, 0.29) is 5.04 Å². The first-order valence-corrected chi connectivity index (χ1v) is 11.1. The maximum absolute atomic E-state index is 11.6. The molecule has 23 heavy (non-hydrogen) atoms. The molecule has 1 heterocycles. The van der Waals surface area contributed by atoms with Crippen LogP contribution in [0.25, 0.3) is 0 Å². The molecule has 1 rings (SSSR count). The summed E-state index contributed by atoms with van der Waals surface area (Å²) >= 11 is 0. The van der Waals surface area contributed by atoms with Gasteiger partial charge in [0.1, 0.15) is 0 Å². The number of likely N-dealkylation sites (tertiary alicyclic amines) is 1. The SMILES string of the molecule is C=CCC1(OC)CC(C)(O[Si](C)(C)C(C)(C)C)CCN1C(=O)O. The summed E-state index contributed by atoms with van der Waals surface area (Å²) in [5, 5.41) is 9.65. The van der Waals surface area contributed by atoms with Crippen molar-refractivity contribution in [1.82, 2.24) is 4.90 Å². The number of nitrogens with zero attached hydrogens (tertiary/aromatic N) is 1. The summed E-state index contributed by atoms with van der Waals surface area (Å²) in [6.07, 6.45) is 2.40. The van der Waals surface area contributed by atoms with Crippen LogP contribution in [0.1, 0.15) is 47.0 Å². The van der Waals surface area contributed by atoms with Crippen molar-refractivity contribution in [3.63, 3.8) is 0 Å². The summed E-state index contributed by atoms with van der Waals surface area (Å²) in [7, 11) is -0.392. The van der Waals surface area contributed by atoms with Crippen molar-refractivity contribution in [3.05, 3.63) is 12.7 Å². The first-order valence-electron chi connectivity index (χ1n) is 8.19. The summed E-state index contributed by atoms with van der Waals surface area (Å²) in [6, 6.07) is 0. The molecule has 1 fully saturated rings. The van der Waals surface area contributed by atoms with Gasteiger partial charge in [0.25, 0.3) is 0 Å². The number of amides is 1. The van der Waals surface area contributed by atoms with E-state index in [0.29, 0.717) is 25.8 Å². The van der Waals surface area contributed by atoms with Crippen molar-refractivity contribution < 1.29 is 19.1 Å². The topological polar surface area (TPSA) is 59.0 Å². The molecule has 0 aromatic carbocycles. The lowest BCUT2D eigenvalue weighted by Crippen LogP contribution is -2.63. The van der Waals surface area contributed by atoms with Gasteiger partial charge in [-0.2, -0.15) is 0 Å². The van der Waals surface area contributed by atoms with Gasteiger partial charge in [-0.25, -0.2) is 4.79 Å². The van der Waals surface area contributed by atoms with Gasteiger partial charge in [-0.15, -0.1) is 6.58 Å². The highest BCUT2D eigenvalue weighted by molar-refractivity contribution is 6.74. The van der Waals surface area contributed by atoms with Crippen LogP contribution in [0.5, 0.6) is 0 Å². The van der Waals surface area contributed by atoms with Crippen molar-refractivity contribution >= 4 is 14.4 Å². The van der Waals surface area contributed by atoms with Gasteiger partial charge in [0.2, 0.25) is 0 Å². The molecule has 1 aliphatic rings. The Balaban J connectivity index is 3.13. The fourth-order valence-corrected chi connectivity index (χ4v) is 4.83. The Morgan fingerprint density at radius 1 is 1.43 bits per heavy atom. The summed E-state index contributed by atoms with van der Waals surface area (Å²) < 4.78 is 12.4. The van der Waals surface area contributed by atoms with E-state index in [9.17, 15) is 9.90 Å². The third kappa shape index (κ3) is 4.16. The van der Waals surface area contributed by atoms with Gasteiger partial charge < -0.3 is 14.3 Å². The minimum absolute atomic E-state index is 0.105. The number of methoxy groups -OCH3 is 1. The fraction of sp³-hybridized carbons (Fsp3) is 0.824. The molecule has 0 aromatic rings. The molecule has 2 unspecified atom stereocenters. The van der Waals surface area contributed by atoms with Crippen molar-refractivity contribution in [2.24, 2.45) is 0 Å². The van der Waals surface area contributed by atoms with E-state index < -0.39 is 25.7 Å². The highest BCUT2D eigenvalue weighted by atomic mass is 28.4. The Hall–Kier alpha value is -0.853. The Bertz CT molecular complexity index is 460. The summed E-state index contributed by atoms with van der Waals surface area (Å²) in [4.78, 5) is 13.0. The highest BCUT2D eigenvalue weighted by Crippen LogP contribution is 2.45. The van der Waals surface area contributed by atoms with Crippen LogP contribution in [0, 0.1) is 0 Å². The third-order valence-electron chi connectivity index (χ3n) is 5.39. The van der Waals surface area contributed by atoms with E-state index in [1.165, 1.54) is 4.90 Å². The molecule has 0 radical (unpaired) electrons. The predicted octanol–water partition coefficient (Wildman–Crippen LogP) is 4.46. The summed E-state index contributed by atoms with van der Waals surface area (Å²) in [6.45, 7) is 17.3. The second-order valence-electron chi connectivity index (χ2n) is 8.32. The predicted molar refractivity (Wildman–Crippen MR) is 95.2 cm³/mol. The van der Waals surface area contributed by atoms with E-state index in [4.69, 9.17) is 9.16 Å². The smallest absolute Gasteiger partial charge is 0.409 e. The van der Waals surface area contributed by atoms with Gasteiger partial charge in [0.05, 0.1) is 5.60 Å². The van der Waals surface area contributed by atoms with E-state index in [1.807, 2.05) is 0 Å². The molecule has 0 aliphatic carbocycles. The van der Waals surface area contributed by atoms with Crippen LogP contribution in [0.15, 0.2) is 12.7 Å². The molecule has 0 aromatic heterocycles. The zero-order chi connectivity index (χ0) is 18.1. The van der Waals surface area contributed by atoms with Gasteiger partial charge in [-0.05, 0) is 31.5 Å². The van der Waals surface area contributed by atoms with Crippen molar-refractivity contribution in [2.75, 3.05) is 13.7 Å². The quantitative estimate of drug-likeness (QED) is 0.591. The second kappa shape index (κ2) is 6.57.